The third-order valence-corrected chi connectivity index (χ3v) is 5.33. The predicted octanol–water partition coefficient (Wildman–Crippen LogP) is 1.07. The molecule has 3 aliphatic rings. The minimum atomic E-state index is -0.338. The van der Waals surface area contributed by atoms with Gasteiger partial charge in [-0.1, -0.05) is 6.07 Å². The second kappa shape index (κ2) is 7.53. The maximum absolute atomic E-state index is 12.5. The number of fused-ring (bicyclic) bond motifs is 1. The van der Waals surface area contributed by atoms with E-state index in [-0.39, 0.29) is 18.6 Å². The molecule has 140 valence electrons. The average molecular weight is 359 g/mol. The molecule has 0 radical (unpaired) electrons. The molecule has 0 saturated carbocycles. The van der Waals surface area contributed by atoms with E-state index in [1.54, 1.807) is 9.80 Å². The van der Waals surface area contributed by atoms with Crippen molar-refractivity contribution in [1.82, 2.24) is 14.7 Å². The predicted molar refractivity (Wildman–Crippen MR) is 94.9 cm³/mol. The summed E-state index contributed by atoms with van der Waals surface area (Å²) in [7, 11) is 0. The Kier molecular flexibility index (Phi) is 4.97. The van der Waals surface area contributed by atoms with Crippen molar-refractivity contribution in [3.05, 3.63) is 23.8 Å². The first kappa shape index (κ1) is 17.1. The molecule has 0 spiro atoms. The van der Waals surface area contributed by atoms with Crippen molar-refractivity contribution < 1.29 is 19.1 Å². The van der Waals surface area contributed by atoms with Gasteiger partial charge in [-0.3, -0.25) is 14.5 Å². The lowest BCUT2D eigenvalue weighted by Crippen LogP contribution is -2.53. The second-order valence-corrected chi connectivity index (χ2v) is 7.11. The summed E-state index contributed by atoms with van der Waals surface area (Å²) in [4.78, 5) is 30.6. The molecule has 1 aromatic carbocycles. The van der Waals surface area contributed by atoms with E-state index in [4.69, 9.17) is 9.47 Å². The first-order chi connectivity index (χ1) is 12.7. The lowest BCUT2D eigenvalue weighted by atomic mass is 10.1. The van der Waals surface area contributed by atoms with Crippen molar-refractivity contribution in [2.45, 2.75) is 25.8 Å². The number of ether oxygens (including phenoxy) is 2. The molecular weight excluding hydrogens is 334 g/mol. The van der Waals surface area contributed by atoms with E-state index >= 15 is 0 Å². The van der Waals surface area contributed by atoms with Crippen LogP contribution < -0.4 is 9.47 Å². The normalized spacial score (nSPS) is 20.3. The van der Waals surface area contributed by atoms with Crippen LogP contribution in [-0.4, -0.2) is 72.6 Å². The van der Waals surface area contributed by atoms with E-state index in [1.165, 1.54) is 5.56 Å². The van der Waals surface area contributed by atoms with Crippen molar-refractivity contribution in [2.24, 2.45) is 0 Å². The summed E-state index contributed by atoms with van der Waals surface area (Å²) >= 11 is 0. The lowest BCUT2D eigenvalue weighted by molar-refractivity contribution is -0.153. The highest BCUT2D eigenvalue weighted by Gasteiger charge is 2.30. The van der Waals surface area contributed by atoms with E-state index in [1.807, 2.05) is 18.2 Å². The zero-order chi connectivity index (χ0) is 17.9. The molecule has 0 N–H and O–H groups in total. The minimum absolute atomic E-state index is 0.282. The Labute approximate surface area is 153 Å². The van der Waals surface area contributed by atoms with Gasteiger partial charge in [0.15, 0.2) is 11.5 Å². The SMILES string of the molecule is O=C(C(=O)N1CCN(Cc2ccc3c(c2)OCO3)CC1)N1CCCCC1. The van der Waals surface area contributed by atoms with Gasteiger partial charge in [0.2, 0.25) is 6.79 Å². The first-order valence-electron chi connectivity index (χ1n) is 9.40. The number of carbonyl (C=O) groups is 2. The van der Waals surface area contributed by atoms with Gasteiger partial charge in [0.1, 0.15) is 0 Å². The number of likely N-dealkylation sites (tertiary alicyclic amines) is 1. The van der Waals surface area contributed by atoms with Gasteiger partial charge >= 0.3 is 11.8 Å². The molecule has 0 unspecified atom stereocenters. The fourth-order valence-corrected chi connectivity index (χ4v) is 3.77. The van der Waals surface area contributed by atoms with Gasteiger partial charge in [-0.15, -0.1) is 0 Å². The molecule has 7 heteroatoms. The molecule has 0 aliphatic carbocycles. The highest BCUT2D eigenvalue weighted by atomic mass is 16.7. The van der Waals surface area contributed by atoms with E-state index in [0.717, 1.165) is 50.4 Å². The number of nitrogens with zero attached hydrogens (tertiary/aromatic N) is 3. The van der Waals surface area contributed by atoms with Crippen LogP contribution in [0.1, 0.15) is 24.8 Å². The van der Waals surface area contributed by atoms with Crippen LogP contribution in [0.15, 0.2) is 18.2 Å². The fourth-order valence-electron chi connectivity index (χ4n) is 3.77. The zero-order valence-electron chi connectivity index (χ0n) is 15.0. The molecule has 3 aliphatic heterocycles. The number of piperazine rings is 1. The van der Waals surface area contributed by atoms with Gasteiger partial charge in [-0.05, 0) is 37.0 Å². The fraction of sp³-hybridized carbons (Fsp3) is 0.579. The Morgan fingerprint density at radius 2 is 1.46 bits per heavy atom. The summed E-state index contributed by atoms with van der Waals surface area (Å²) in [5.41, 5.74) is 1.17. The molecule has 0 atom stereocenters. The number of carbonyl (C=O) groups excluding carboxylic acids is 2. The zero-order valence-corrected chi connectivity index (χ0v) is 15.0. The van der Waals surface area contributed by atoms with Gasteiger partial charge in [0.25, 0.3) is 0 Å². The van der Waals surface area contributed by atoms with Crippen LogP contribution in [0, 0.1) is 0 Å². The number of benzene rings is 1. The Hall–Kier alpha value is -2.28. The van der Waals surface area contributed by atoms with Crippen molar-refractivity contribution >= 4 is 11.8 Å². The summed E-state index contributed by atoms with van der Waals surface area (Å²) in [5.74, 6) is 0.924. The Morgan fingerprint density at radius 1 is 0.808 bits per heavy atom. The van der Waals surface area contributed by atoms with E-state index in [0.29, 0.717) is 26.2 Å². The van der Waals surface area contributed by atoms with E-state index in [2.05, 4.69) is 4.90 Å². The number of hydrogen-bond acceptors (Lipinski definition) is 5. The van der Waals surface area contributed by atoms with Crippen LogP contribution in [0.25, 0.3) is 0 Å². The highest BCUT2D eigenvalue weighted by Crippen LogP contribution is 2.32. The number of rotatable bonds is 2. The number of piperidine rings is 1. The molecule has 3 heterocycles. The van der Waals surface area contributed by atoms with Crippen molar-refractivity contribution in [3.8, 4) is 11.5 Å². The van der Waals surface area contributed by atoms with Crippen molar-refractivity contribution in [1.29, 1.82) is 0 Å². The highest BCUT2D eigenvalue weighted by molar-refractivity contribution is 6.34. The number of amides is 2. The van der Waals surface area contributed by atoms with Gasteiger partial charge < -0.3 is 19.3 Å². The second-order valence-electron chi connectivity index (χ2n) is 7.11. The molecule has 2 saturated heterocycles. The summed E-state index contributed by atoms with van der Waals surface area (Å²) in [5, 5.41) is 0. The third kappa shape index (κ3) is 3.62. The van der Waals surface area contributed by atoms with Gasteiger partial charge in [0, 0.05) is 45.8 Å². The van der Waals surface area contributed by atoms with Gasteiger partial charge in [-0.2, -0.15) is 0 Å². The summed E-state index contributed by atoms with van der Waals surface area (Å²) in [6.07, 6.45) is 3.15. The van der Waals surface area contributed by atoms with Crippen LogP contribution in [0.2, 0.25) is 0 Å². The quantitative estimate of drug-likeness (QED) is 0.740. The largest absolute Gasteiger partial charge is 0.454 e. The monoisotopic (exact) mass is 359 g/mol. The van der Waals surface area contributed by atoms with Crippen LogP contribution in [-0.2, 0) is 16.1 Å². The molecule has 1 aromatic rings. The molecule has 0 aromatic heterocycles. The molecule has 0 bridgehead atoms. The standard InChI is InChI=1S/C19H25N3O4/c23-18(21-6-2-1-3-7-21)19(24)22-10-8-20(9-11-22)13-15-4-5-16-17(12-15)26-14-25-16/h4-5,12H,1-3,6-11,13-14H2. The molecule has 2 amide bonds. The molecule has 4 rings (SSSR count). The minimum Gasteiger partial charge on any atom is -0.454 e. The molecule has 2 fully saturated rings. The van der Waals surface area contributed by atoms with Crippen LogP contribution in [0.3, 0.4) is 0 Å². The van der Waals surface area contributed by atoms with Gasteiger partial charge in [0.05, 0.1) is 0 Å². The maximum atomic E-state index is 12.5. The summed E-state index contributed by atoms with van der Waals surface area (Å²) in [6, 6.07) is 6.00. The van der Waals surface area contributed by atoms with Crippen LogP contribution in [0.5, 0.6) is 11.5 Å². The van der Waals surface area contributed by atoms with E-state index < -0.39 is 0 Å². The summed E-state index contributed by atoms with van der Waals surface area (Å²) in [6.45, 7) is 5.26. The Balaban J connectivity index is 1.28. The first-order valence-corrected chi connectivity index (χ1v) is 9.40. The lowest BCUT2D eigenvalue weighted by Gasteiger charge is -2.35. The van der Waals surface area contributed by atoms with Crippen LogP contribution in [0.4, 0.5) is 0 Å². The van der Waals surface area contributed by atoms with Gasteiger partial charge in [-0.25, -0.2) is 0 Å². The Bertz CT molecular complexity index is 679. The van der Waals surface area contributed by atoms with Crippen LogP contribution >= 0.6 is 0 Å². The molecule has 7 nitrogen and oxygen atoms in total. The average Bonchev–Trinajstić information content (AvgIpc) is 3.16. The summed E-state index contributed by atoms with van der Waals surface area (Å²) < 4.78 is 10.8. The smallest absolute Gasteiger partial charge is 0.312 e. The molecular formula is C19H25N3O4. The van der Waals surface area contributed by atoms with E-state index in [9.17, 15) is 9.59 Å². The third-order valence-electron chi connectivity index (χ3n) is 5.33. The molecule has 26 heavy (non-hydrogen) atoms. The van der Waals surface area contributed by atoms with Crippen molar-refractivity contribution in [3.63, 3.8) is 0 Å². The number of hydrogen-bond donors (Lipinski definition) is 0. The topological polar surface area (TPSA) is 62.3 Å². The van der Waals surface area contributed by atoms with Crippen molar-refractivity contribution in [2.75, 3.05) is 46.1 Å². The maximum Gasteiger partial charge on any atom is 0.312 e. The Morgan fingerprint density at radius 3 is 2.19 bits per heavy atom.